The SMILES string of the molecule is CCCC[O][Sn]([CH2]CC)([O]CCCC)[O]CCCC. The summed E-state index contributed by atoms with van der Waals surface area (Å²) in [5, 5.41) is 0. The van der Waals surface area contributed by atoms with Crippen molar-refractivity contribution in [3.05, 3.63) is 0 Å². The standard InChI is InChI=1S/3C4H9O.C3H7.Sn/c3*1-2-3-4-5;1-3-2;/h3*2-4H2,1H3;1,3H2,2H3;/q3*-1;;+3. The van der Waals surface area contributed by atoms with Crippen molar-refractivity contribution in [2.45, 2.75) is 77.1 Å². The van der Waals surface area contributed by atoms with Crippen LogP contribution < -0.4 is 0 Å². The van der Waals surface area contributed by atoms with Gasteiger partial charge in [-0.3, -0.25) is 0 Å². The molecule has 0 rings (SSSR count). The molecule has 0 aromatic heterocycles. The van der Waals surface area contributed by atoms with E-state index in [1.165, 1.54) is 0 Å². The summed E-state index contributed by atoms with van der Waals surface area (Å²) in [7, 11) is 0. The molecular weight excluding hydrogens is 347 g/mol. The molecule has 0 amide bonds. The van der Waals surface area contributed by atoms with Gasteiger partial charge in [0.1, 0.15) is 0 Å². The van der Waals surface area contributed by atoms with Gasteiger partial charge in [0.05, 0.1) is 0 Å². The average molecular weight is 381 g/mol. The number of rotatable bonds is 14. The zero-order chi connectivity index (χ0) is 14.4. The van der Waals surface area contributed by atoms with Gasteiger partial charge in [-0.05, 0) is 0 Å². The molecule has 0 unspecified atom stereocenters. The summed E-state index contributed by atoms with van der Waals surface area (Å²) in [6, 6.07) is 0. The van der Waals surface area contributed by atoms with Crippen LogP contribution in [0.25, 0.3) is 0 Å². The maximum atomic E-state index is 6.17. The van der Waals surface area contributed by atoms with Crippen LogP contribution in [0.5, 0.6) is 0 Å². The van der Waals surface area contributed by atoms with Gasteiger partial charge < -0.3 is 0 Å². The molecule has 0 saturated heterocycles. The van der Waals surface area contributed by atoms with E-state index in [4.69, 9.17) is 9.22 Å². The predicted octanol–water partition coefficient (Wildman–Crippen LogP) is 4.79. The van der Waals surface area contributed by atoms with Crippen molar-refractivity contribution in [2.24, 2.45) is 0 Å². The van der Waals surface area contributed by atoms with E-state index in [2.05, 4.69) is 27.7 Å². The second-order valence-corrected chi connectivity index (χ2v) is 12.8. The Kier molecular flexibility index (Phi) is 14.1. The van der Waals surface area contributed by atoms with Gasteiger partial charge in [0.2, 0.25) is 0 Å². The summed E-state index contributed by atoms with van der Waals surface area (Å²) in [6.45, 7) is 11.2. The Labute approximate surface area is 125 Å². The van der Waals surface area contributed by atoms with Crippen LogP contribution in [0, 0.1) is 0 Å². The van der Waals surface area contributed by atoms with E-state index >= 15 is 0 Å². The molecular formula is C15H34O3Sn. The molecule has 0 atom stereocenters. The van der Waals surface area contributed by atoms with Crippen molar-refractivity contribution in [1.29, 1.82) is 0 Å². The number of hydrogen-bond donors (Lipinski definition) is 0. The minimum absolute atomic E-state index is 0.810. The van der Waals surface area contributed by atoms with Crippen molar-refractivity contribution in [3.63, 3.8) is 0 Å². The summed E-state index contributed by atoms with van der Waals surface area (Å²) in [5.74, 6) is 0. The molecule has 0 saturated carbocycles. The van der Waals surface area contributed by atoms with Crippen LogP contribution >= 0.6 is 0 Å². The summed E-state index contributed by atoms with van der Waals surface area (Å²) in [6.07, 6.45) is 7.92. The molecule has 0 aliphatic carbocycles. The van der Waals surface area contributed by atoms with Crippen molar-refractivity contribution in [2.75, 3.05) is 19.8 Å². The molecule has 4 heteroatoms. The Morgan fingerprint density at radius 2 is 0.947 bits per heavy atom. The normalized spacial score (nSPS) is 12.0. The van der Waals surface area contributed by atoms with Crippen LogP contribution in [0.3, 0.4) is 0 Å². The van der Waals surface area contributed by atoms with E-state index in [1.54, 1.807) is 0 Å². The second kappa shape index (κ2) is 13.7. The molecule has 0 N–H and O–H groups in total. The molecule has 0 aromatic carbocycles. The fourth-order valence-electron chi connectivity index (χ4n) is 1.76. The van der Waals surface area contributed by atoms with E-state index in [0.717, 1.165) is 69.2 Å². The molecule has 116 valence electrons. The molecule has 19 heavy (non-hydrogen) atoms. The number of unbranched alkanes of at least 4 members (excludes halogenated alkanes) is 3. The van der Waals surface area contributed by atoms with Crippen LogP contribution in [-0.4, -0.2) is 39.4 Å². The van der Waals surface area contributed by atoms with Gasteiger partial charge in [-0.15, -0.1) is 0 Å². The van der Waals surface area contributed by atoms with Gasteiger partial charge in [-0.25, -0.2) is 0 Å². The monoisotopic (exact) mass is 382 g/mol. The van der Waals surface area contributed by atoms with Crippen LogP contribution in [0.4, 0.5) is 0 Å². The third-order valence-electron chi connectivity index (χ3n) is 3.02. The summed E-state index contributed by atoms with van der Waals surface area (Å²) in [5.41, 5.74) is 0. The van der Waals surface area contributed by atoms with Crippen molar-refractivity contribution in [1.82, 2.24) is 0 Å². The van der Waals surface area contributed by atoms with Gasteiger partial charge in [-0.1, -0.05) is 0 Å². The van der Waals surface area contributed by atoms with Gasteiger partial charge in [0.15, 0.2) is 0 Å². The Morgan fingerprint density at radius 1 is 0.579 bits per heavy atom. The van der Waals surface area contributed by atoms with E-state index in [9.17, 15) is 0 Å². The average Bonchev–Trinajstić information content (AvgIpc) is 2.40. The molecule has 0 spiro atoms. The molecule has 3 nitrogen and oxygen atoms in total. The number of hydrogen-bond acceptors (Lipinski definition) is 3. The van der Waals surface area contributed by atoms with Crippen molar-refractivity contribution < 1.29 is 9.22 Å². The van der Waals surface area contributed by atoms with Crippen molar-refractivity contribution in [3.8, 4) is 0 Å². The molecule has 0 aliphatic heterocycles. The quantitative estimate of drug-likeness (QED) is 0.320. The zero-order valence-electron chi connectivity index (χ0n) is 13.5. The van der Waals surface area contributed by atoms with Crippen LogP contribution in [0.1, 0.15) is 72.6 Å². The Hall–Kier alpha value is 0.679. The molecule has 0 fully saturated rings. The van der Waals surface area contributed by atoms with Crippen LogP contribution in [-0.2, 0) is 9.22 Å². The topological polar surface area (TPSA) is 27.7 Å². The second-order valence-electron chi connectivity index (χ2n) is 5.04. The minimum atomic E-state index is -3.23. The van der Waals surface area contributed by atoms with Crippen LogP contribution in [0.2, 0.25) is 4.44 Å². The fourth-order valence-corrected chi connectivity index (χ4v) is 9.36. The molecule has 0 aliphatic rings. The van der Waals surface area contributed by atoms with E-state index < -0.39 is 19.6 Å². The maximum absolute atomic E-state index is 6.17. The van der Waals surface area contributed by atoms with Gasteiger partial charge in [0, 0.05) is 0 Å². The van der Waals surface area contributed by atoms with Gasteiger partial charge in [-0.2, -0.15) is 0 Å². The molecule has 0 heterocycles. The third kappa shape index (κ3) is 10.1. The van der Waals surface area contributed by atoms with Crippen molar-refractivity contribution >= 4 is 19.6 Å². The van der Waals surface area contributed by atoms with E-state index in [0.29, 0.717) is 0 Å². The first kappa shape index (κ1) is 19.7. The molecule has 0 radical (unpaired) electrons. The Balaban J connectivity index is 4.37. The predicted molar refractivity (Wildman–Crippen MR) is 83.4 cm³/mol. The first-order valence-corrected chi connectivity index (χ1v) is 13.7. The Morgan fingerprint density at radius 3 is 1.21 bits per heavy atom. The first-order chi connectivity index (χ1) is 9.24. The van der Waals surface area contributed by atoms with Gasteiger partial charge in [0.25, 0.3) is 0 Å². The molecule has 0 aromatic rings. The summed E-state index contributed by atoms with van der Waals surface area (Å²) in [4.78, 5) is 0. The zero-order valence-corrected chi connectivity index (χ0v) is 16.4. The van der Waals surface area contributed by atoms with E-state index in [1.807, 2.05) is 0 Å². The molecule has 0 bridgehead atoms. The fraction of sp³-hybridized carbons (Fsp3) is 1.00. The Bertz CT molecular complexity index is 162. The van der Waals surface area contributed by atoms with Crippen LogP contribution in [0.15, 0.2) is 0 Å². The first-order valence-electron chi connectivity index (χ1n) is 8.16. The summed E-state index contributed by atoms with van der Waals surface area (Å²) < 4.78 is 19.5. The van der Waals surface area contributed by atoms with Gasteiger partial charge >= 0.3 is 126 Å². The summed E-state index contributed by atoms with van der Waals surface area (Å²) >= 11 is -3.23. The van der Waals surface area contributed by atoms with E-state index in [-0.39, 0.29) is 0 Å². The third-order valence-corrected chi connectivity index (χ3v) is 11.7.